The van der Waals surface area contributed by atoms with Gasteiger partial charge in [0.25, 0.3) is 0 Å². The van der Waals surface area contributed by atoms with Crippen LogP contribution >= 0.6 is 0 Å². The van der Waals surface area contributed by atoms with Crippen molar-refractivity contribution in [3.63, 3.8) is 0 Å². The van der Waals surface area contributed by atoms with Gasteiger partial charge in [0.15, 0.2) is 0 Å². The Morgan fingerprint density at radius 1 is 1.25 bits per heavy atom. The molecule has 16 heavy (non-hydrogen) atoms. The summed E-state index contributed by atoms with van der Waals surface area (Å²) in [6.07, 6.45) is 1.27. The lowest BCUT2D eigenvalue weighted by Crippen LogP contribution is -2.35. The second-order valence-corrected chi connectivity index (χ2v) is 4.04. The number of carbonyl (C=O) groups excluding carboxylic acids is 2. The zero-order chi connectivity index (χ0) is 12.4. The van der Waals surface area contributed by atoms with Crippen LogP contribution in [0.3, 0.4) is 0 Å². The summed E-state index contributed by atoms with van der Waals surface area (Å²) in [4.78, 5) is 22.0. The van der Waals surface area contributed by atoms with Gasteiger partial charge in [0.2, 0.25) is 5.91 Å². The smallest absolute Gasteiger partial charge is 0.306 e. The van der Waals surface area contributed by atoms with Gasteiger partial charge in [-0.1, -0.05) is 13.8 Å². The average molecular weight is 230 g/mol. The second-order valence-electron chi connectivity index (χ2n) is 4.04. The lowest BCUT2D eigenvalue weighted by atomic mass is 10.1. The number of amides is 1. The minimum absolute atomic E-state index is 0.0366. The number of methoxy groups -OCH3 is 1. The SMILES string of the molecule is COC(=O)CCNCC(=O)NCCC(C)C. The van der Waals surface area contributed by atoms with Crippen molar-refractivity contribution < 1.29 is 14.3 Å². The van der Waals surface area contributed by atoms with Crippen LogP contribution in [0.15, 0.2) is 0 Å². The second kappa shape index (κ2) is 9.15. The van der Waals surface area contributed by atoms with Crippen LogP contribution in [0.2, 0.25) is 0 Å². The normalized spacial score (nSPS) is 10.2. The van der Waals surface area contributed by atoms with E-state index in [9.17, 15) is 9.59 Å². The molecule has 0 radical (unpaired) electrons. The Balaban J connectivity index is 3.34. The largest absolute Gasteiger partial charge is 0.469 e. The zero-order valence-corrected chi connectivity index (χ0v) is 10.3. The van der Waals surface area contributed by atoms with E-state index in [1.54, 1.807) is 0 Å². The molecule has 0 aromatic rings. The third-order valence-corrected chi connectivity index (χ3v) is 2.06. The molecule has 0 spiro atoms. The summed E-state index contributed by atoms with van der Waals surface area (Å²) >= 11 is 0. The Labute approximate surface area is 96.9 Å². The topological polar surface area (TPSA) is 67.4 Å². The molecule has 0 bridgehead atoms. The van der Waals surface area contributed by atoms with E-state index in [-0.39, 0.29) is 24.8 Å². The molecule has 0 aliphatic rings. The molecule has 0 aliphatic heterocycles. The minimum Gasteiger partial charge on any atom is -0.469 e. The molecule has 0 aromatic heterocycles. The molecule has 0 atom stereocenters. The fourth-order valence-corrected chi connectivity index (χ4v) is 1.06. The zero-order valence-electron chi connectivity index (χ0n) is 10.3. The first-order valence-electron chi connectivity index (χ1n) is 5.60. The molecule has 0 saturated heterocycles. The Hall–Kier alpha value is -1.10. The fourth-order valence-electron chi connectivity index (χ4n) is 1.06. The van der Waals surface area contributed by atoms with Crippen molar-refractivity contribution in [1.82, 2.24) is 10.6 Å². The molecule has 5 nitrogen and oxygen atoms in total. The van der Waals surface area contributed by atoms with Crippen molar-refractivity contribution in [1.29, 1.82) is 0 Å². The summed E-state index contributed by atoms with van der Waals surface area (Å²) in [7, 11) is 1.35. The first-order chi connectivity index (χ1) is 7.56. The third-order valence-electron chi connectivity index (χ3n) is 2.06. The van der Waals surface area contributed by atoms with Gasteiger partial charge < -0.3 is 15.4 Å². The molecular formula is C11H22N2O3. The number of nitrogens with one attached hydrogen (secondary N) is 2. The van der Waals surface area contributed by atoms with Crippen LogP contribution in [-0.2, 0) is 14.3 Å². The quantitative estimate of drug-likeness (QED) is 0.465. The van der Waals surface area contributed by atoms with E-state index in [1.165, 1.54) is 7.11 Å². The molecule has 2 N–H and O–H groups in total. The highest BCUT2D eigenvalue weighted by Crippen LogP contribution is 1.95. The van der Waals surface area contributed by atoms with Crippen LogP contribution in [0, 0.1) is 5.92 Å². The van der Waals surface area contributed by atoms with Crippen molar-refractivity contribution >= 4 is 11.9 Å². The molecule has 94 valence electrons. The van der Waals surface area contributed by atoms with Crippen molar-refractivity contribution in [2.75, 3.05) is 26.7 Å². The summed E-state index contributed by atoms with van der Waals surface area (Å²) < 4.78 is 4.47. The first-order valence-corrected chi connectivity index (χ1v) is 5.60. The number of carbonyl (C=O) groups is 2. The Kier molecular flexibility index (Phi) is 8.52. The molecule has 0 aromatic carbocycles. The summed E-state index contributed by atoms with van der Waals surface area (Å²) in [6.45, 7) is 5.63. The van der Waals surface area contributed by atoms with E-state index in [4.69, 9.17) is 0 Å². The lowest BCUT2D eigenvalue weighted by molar-refractivity contribution is -0.140. The summed E-state index contributed by atoms with van der Waals surface area (Å²) in [5.74, 6) is 0.283. The highest BCUT2D eigenvalue weighted by atomic mass is 16.5. The monoisotopic (exact) mass is 230 g/mol. The number of ether oxygens (including phenoxy) is 1. The van der Waals surface area contributed by atoms with Crippen LogP contribution in [-0.4, -0.2) is 38.6 Å². The van der Waals surface area contributed by atoms with E-state index >= 15 is 0 Å². The number of hydrogen-bond acceptors (Lipinski definition) is 4. The van der Waals surface area contributed by atoms with E-state index in [1.807, 2.05) is 0 Å². The van der Waals surface area contributed by atoms with Crippen molar-refractivity contribution in [2.24, 2.45) is 5.92 Å². The number of rotatable bonds is 8. The van der Waals surface area contributed by atoms with Gasteiger partial charge in [0.1, 0.15) is 0 Å². The average Bonchev–Trinajstić information content (AvgIpc) is 2.23. The van der Waals surface area contributed by atoms with Crippen LogP contribution in [0.5, 0.6) is 0 Å². The molecule has 0 rings (SSSR count). The first kappa shape index (κ1) is 14.9. The van der Waals surface area contributed by atoms with Gasteiger partial charge in [0, 0.05) is 13.1 Å². The molecule has 0 heterocycles. The molecule has 5 heteroatoms. The predicted octanol–water partition coefficient (Wildman–Crippen LogP) is 0.301. The molecular weight excluding hydrogens is 208 g/mol. The number of hydrogen-bond donors (Lipinski definition) is 2. The Morgan fingerprint density at radius 3 is 2.50 bits per heavy atom. The lowest BCUT2D eigenvalue weighted by Gasteiger charge is -2.07. The van der Waals surface area contributed by atoms with Crippen molar-refractivity contribution in [3.05, 3.63) is 0 Å². The van der Waals surface area contributed by atoms with E-state index in [0.29, 0.717) is 19.0 Å². The highest BCUT2D eigenvalue weighted by molar-refractivity contribution is 5.78. The fraction of sp³-hybridized carbons (Fsp3) is 0.818. The number of esters is 1. The molecule has 0 saturated carbocycles. The standard InChI is InChI=1S/C11H22N2O3/c1-9(2)4-7-13-10(14)8-12-6-5-11(15)16-3/h9,12H,4-8H2,1-3H3,(H,13,14). The van der Waals surface area contributed by atoms with Gasteiger partial charge in [-0.2, -0.15) is 0 Å². The van der Waals surface area contributed by atoms with Gasteiger partial charge in [-0.15, -0.1) is 0 Å². The highest BCUT2D eigenvalue weighted by Gasteiger charge is 2.02. The van der Waals surface area contributed by atoms with Gasteiger partial charge in [-0.25, -0.2) is 0 Å². The van der Waals surface area contributed by atoms with Gasteiger partial charge in [-0.05, 0) is 12.3 Å². The van der Waals surface area contributed by atoms with Crippen LogP contribution in [0.1, 0.15) is 26.7 Å². The van der Waals surface area contributed by atoms with Crippen LogP contribution in [0.4, 0.5) is 0 Å². The molecule has 1 amide bonds. The van der Waals surface area contributed by atoms with Crippen molar-refractivity contribution in [2.45, 2.75) is 26.7 Å². The van der Waals surface area contributed by atoms with E-state index < -0.39 is 0 Å². The van der Waals surface area contributed by atoms with Crippen molar-refractivity contribution in [3.8, 4) is 0 Å². The maximum absolute atomic E-state index is 11.2. The maximum atomic E-state index is 11.2. The third kappa shape index (κ3) is 9.45. The maximum Gasteiger partial charge on any atom is 0.306 e. The summed E-state index contributed by atoms with van der Waals surface area (Å²) in [6, 6.07) is 0. The molecule has 0 unspecified atom stereocenters. The Morgan fingerprint density at radius 2 is 1.94 bits per heavy atom. The Bertz CT molecular complexity index is 217. The summed E-state index contributed by atoms with van der Waals surface area (Å²) in [5.41, 5.74) is 0. The minimum atomic E-state index is -0.271. The predicted molar refractivity (Wildman–Crippen MR) is 62.0 cm³/mol. The molecule has 0 aliphatic carbocycles. The van der Waals surface area contributed by atoms with Crippen LogP contribution < -0.4 is 10.6 Å². The van der Waals surface area contributed by atoms with Gasteiger partial charge in [-0.3, -0.25) is 9.59 Å². The van der Waals surface area contributed by atoms with Gasteiger partial charge in [0.05, 0.1) is 20.1 Å². The van der Waals surface area contributed by atoms with E-state index in [2.05, 4.69) is 29.2 Å². The van der Waals surface area contributed by atoms with Crippen LogP contribution in [0.25, 0.3) is 0 Å². The molecule has 0 fully saturated rings. The van der Waals surface area contributed by atoms with E-state index in [0.717, 1.165) is 6.42 Å². The summed E-state index contributed by atoms with van der Waals surface area (Å²) in [5, 5.41) is 5.67. The van der Waals surface area contributed by atoms with Gasteiger partial charge >= 0.3 is 5.97 Å².